The molecular weight excluding hydrogens is 280 g/mol. The Morgan fingerprint density at radius 1 is 1.10 bits per heavy atom. The largest absolute Gasteiger partial charge is 0.508 e. The Bertz CT molecular complexity index is 478. The highest BCUT2D eigenvalue weighted by Gasteiger charge is 2.22. The van der Waals surface area contributed by atoms with Gasteiger partial charge in [0.1, 0.15) is 5.75 Å². The van der Waals surface area contributed by atoms with Crippen LogP contribution in [0, 0.1) is 0 Å². The summed E-state index contributed by atoms with van der Waals surface area (Å²) in [4.78, 5) is 4.67. The van der Waals surface area contributed by atoms with Crippen molar-refractivity contribution < 1.29 is 5.11 Å². The minimum absolute atomic E-state index is 0.338. The second-order valence-corrected chi connectivity index (χ2v) is 7.38. The number of thioether (sulfide) groups is 1. The summed E-state index contributed by atoms with van der Waals surface area (Å²) in [6.45, 7) is 0.903. The van der Waals surface area contributed by atoms with Gasteiger partial charge in [-0.25, -0.2) is 0 Å². The van der Waals surface area contributed by atoms with Gasteiger partial charge < -0.3 is 10.4 Å². The van der Waals surface area contributed by atoms with Crippen molar-refractivity contribution in [2.75, 3.05) is 6.54 Å². The van der Waals surface area contributed by atoms with Crippen molar-refractivity contribution in [3.8, 4) is 5.75 Å². The summed E-state index contributed by atoms with van der Waals surface area (Å²) in [5.41, 5.74) is 1.27. The molecule has 0 aromatic heterocycles. The summed E-state index contributed by atoms with van der Waals surface area (Å²) < 4.78 is 0. The maximum absolute atomic E-state index is 9.33. The van der Waals surface area contributed by atoms with Crippen molar-refractivity contribution in [3.05, 3.63) is 29.8 Å². The smallest absolute Gasteiger partial charge is 0.157 e. The number of rotatable bonds is 3. The van der Waals surface area contributed by atoms with Crippen molar-refractivity contribution >= 4 is 16.9 Å². The van der Waals surface area contributed by atoms with Gasteiger partial charge in [0, 0.05) is 11.3 Å². The predicted octanol–water partition coefficient (Wildman–Crippen LogP) is 3.72. The maximum atomic E-state index is 9.33. The molecule has 1 unspecified atom stereocenters. The third-order valence-corrected chi connectivity index (χ3v) is 5.42. The van der Waals surface area contributed by atoms with Crippen LogP contribution in [0.4, 0.5) is 0 Å². The van der Waals surface area contributed by atoms with Crippen LogP contribution < -0.4 is 5.32 Å². The first-order valence-corrected chi connectivity index (χ1v) is 8.93. The van der Waals surface area contributed by atoms with Gasteiger partial charge >= 0.3 is 0 Å². The monoisotopic (exact) mass is 304 g/mol. The molecule has 1 aliphatic carbocycles. The average Bonchev–Trinajstić information content (AvgIpc) is 2.75. The maximum Gasteiger partial charge on any atom is 0.157 e. The molecule has 114 valence electrons. The molecule has 0 bridgehead atoms. The summed E-state index contributed by atoms with van der Waals surface area (Å²) in [6, 6.07) is 8.17. The molecule has 21 heavy (non-hydrogen) atoms. The fourth-order valence-corrected chi connectivity index (χ4v) is 4.22. The first-order valence-electron chi connectivity index (χ1n) is 8.05. The Kier molecular flexibility index (Phi) is 5.07. The van der Waals surface area contributed by atoms with Crippen LogP contribution in [0.3, 0.4) is 0 Å². The number of nitrogens with zero attached hydrogens (tertiary/aromatic N) is 1. The molecule has 0 amide bonds. The van der Waals surface area contributed by atoms with E-state index in [1.54, 1.807) is 12.1 Å². The number of hydrogen-bond donors (Lipinski definition) is 2. The first kappa shape index (κ1) is 14.8. The van der Waals surface area contributed by atoms with E-state index in [0.29, 0.717) is 17.0 Å². The molecule has 1 aliphatic heterocycles. The van der Waals surface area contributed by atoms with E-state index in [-0.39, 0.29) is 0 Å². The quantitative estimate of drug-likeness (QED) is 0.837. The second-order valence-electron chi connectivity index (χ2n) is 6.09. The van der Waals surface area contributed by atoms with Crippen molar-refractivity contribution in [2.45, 2.75) is 56.2 Å². The Morgan fingerprint density at radius 3 is 2.52 bits per heavy atom. The zero-order valence-corrected chi connectivity index (χ0v) is 13.2. The number of benzene rings is 1. The van der Waals surface area contributed by atoms with E-state index in [0.717, 1.165) is 18.1 Å². The number of aliphatic imine (C=N–C) groups is 1. The summed E-state index contributed by atoms with van der Waals surface area (Å²) in [5.74, 6) is 0.338. The van der Waals surface area contributed by atoms with Gasteiger partial charge in [0.25, 0.3) is 0 Å². The summed E-state index contributed by atoms with van der Waals surface area (Å²) in [7, 11) is 0. The lowest BCUT2D eigenvalue weighted by atomic mass is 10.1. The lowest BCUT2D eigenvalue weighted by Crippen LogP contribution is -2.32. The molecule has 1 aromatic rings. The second kappa shape index (κ2) is 7.21. The molecule has 3 nitrogen and oxygen atoms in total. The normalized spacial score (nSPS) is 23.6. The van der Waals surface area contributed by atoms with Crippen molar-refractivity contribution in [2.24, 2.45) is 4.99 Å². The molecule has 1 saturated carbocycles. The molecule has 1 aromatic carbocycles. The van der Waals surface area contributed by atoms with Gasteiger partial charge in [0.15, 0.2) is 5.17 Å². The Hall–Kier alpha value is -1.16. The lowest BCUT2D eigenvalue weighted by molar-refractivity contribution is 0.475. The summed E-state index contributed by atoms with van der Waals surface area (Å²) in [5, 5.41) is 14.7. The molecule has 1 atom stereocenters. The van der Waals surface area contributed by atoms with E-state index in [4.69, 9.17) is 0 Å². The van der Waals surface area contributed by atoms with Gasteiger partial charge in [-0.2, -0.15) is 0 Å². The lowest BCUT2D eigenvalue weighted by Gasteiger charge is -2.17. The van der Waals surface area contributed by atoms with E-state index in [2.05, 4.69) is 10.3 Å². The van der Waals surface area contributed by atoms with Gasteiger partial charge in [-0.15, -0.1) is 0 Å². The number of hydrogen-bond acceptors (Lipinski definition) is 4. The van der Waals surface area contributed by atoms with Crippen LogP contribution in [-0.2, 0) is 6.42 Å². The average molecular weight is 304 g/mol. The van der Waals surface area contributed by atoms with Crippen LogP contribution in [-0.4, -0.2) is 28.1 Å². The van der Waals surface area contributed by atoms with Crippen molar-refractivity contribution in [3.63, 3.8) is 0 Å². The molecule has 0 spiro atoms. The zero-order valence-electron chi connectivity index (χ0n) is 12.4. The van der Waals surface area contributed by atoms with Gasteiger partial charge in [-0.3, -0.25) is 4.99 Å². The third-order valence-electron chi connectivity index (χ3n) is 4.30. The predicted molar refractivity (Wildman–Crippen MR) is 90.1 cm³/mol. The standard InChI is InChI=1S/C17H24N2OS/c20-15-9-7-13(8-10-15)11-16-12-18-17(21-16)19-14-5-3-1-2-4-6-14/h7-10,14,16,20H,1-6,11-12H2,(H,18,19). The van der Waals surface area contributed by atoms with Crippen molar-refractivity contribution in [1.82, 2.24) is 5.32 Å². The molecule has 1 fully saturated rings. The molecule has 4 heteroatoms. The zero-order chi connectivity index (χ0) is 14.5. The van der Waals surface area contributed by atoms with Crippen LogP contribution in [0.15, 0.2) is 29.3 Å². The van der Waals surface area contributed by atoms with Crippen LogP contribution in [0.2, 0.25) is 0 Å². The Labute approximate surface area is 131 Å². The number of phenols is 1. The SMILES string of the molecule is Oc1ccc(CC2CN=C(NC3CCCCCC3)S2)cc1. The highest BCUT2D eigenvalue weighted by Crippen LogP contribution is 2.26. The van der Waals surface area contributed by atoms with E-state index < -0.39 is 0 Å². The molecule has 0 saturated heterocycles. The highest BCUT2D eigenvalue weighted by atomic mass is 32.2. The number of nitrogens with one attached hydrogen (secondary N) is 1. The molecule has 3 rings (SSSR count). The van der Waals surface area contributed by atoms with E-state index in [1.807, 2.05) is 23.9 Å². The topological polar surface area (TPSA) is 44.6 Å². The number of phenolic OH excluding ortho intramolecular Hbond substituents is 1. The summed E-state index contributed by atoms with van der Waals surface area (Å²) in [6.07, 6.45) is 9.09. The van der Waals surface area contributed by atoms with Crippen molar-refractivity contribution in [1.29, 1.82) is 0 Å². The fourth-order valence-electron chi connectivity index (χ4n) is 3.10. The molecule has 0 radical (unpaired) electrons. The third kappa shape index (κ3) is 4.40. The van der Waals surface area contributed by atoms with Crippen LogP contribution in [0.5, 0.6) is 5.75 Å². The molecule has 2 aliphatic rings. The molecular formula is C17H24N2OS. The van der Waals surface area contributed by atoms with Crippen LogP contribution in [0.25, 0.3) is 0 Å². The van der Waals surface area contributed by atoms with Gasteiger partial charge in [-0.05, 0) is 37.0 Å². The fraction of sp³-hybridized carbons (Fsp3) is 0.588. The van der Waals surface area contributed by atoms with Crippen LogP contribution in [0.1, 0.15) is 44.1 Å². The van der Waals surface area contributed by atoms with E-state index in [9.17, 15) is 5.11 Å². The van der Waals surface area contributed by atoms with Gasteiger partial charge in [0.2, 0.25) is 0 Å². The molecule has 1 heterocycles. The Balaban J connectivity index is 1.47. The summed E-state index contributed by atoms with van der Waals surface area (Å²) >= 11 is 1.89. The van der Waals surface area contributed by atoms with Gasteiger partial charge in [-0.1, -0.05) is 49.6 Å². The minimum atomic E-state index is 0.338. The van der Waals surface area contributed by atoms with Gasteiger partial charge in [0.05, 0.1) is 6.54 Å². The number of aromatic hydroxyl groups is 1. The minimum Gasteiger partial charge on any atom is -0.508 e. The molecule has 2 N–H and O–H groups in total. The first-order chi connectivity index (χ1) is 10.3. The van der Waals surface area contributed by atoms with E-state index in [1.165, 1.54) is 44.1 Å². The van der Waals surface area contributed by atoms with E-state index >= 15 is 0 Å². The Morgan fingerprint density at radius 2 is 1.81 bits per heavy atom. The highest BCUT2D eigenvalue weighted by molar-refractivity contribution is 8.14. The van der Waals surface area contributed by atoms with Crippen LogP contribution >= 0.6 is 11.8 Å². The number of amidine groups is 1.